The first kappa shape index (κ1) is 22.1. The van der Waals surface area contributed by atoms with E-state index in [1.165, 1.54) is 6.21 Å². The third-order valence-corrected chi connectivity index (χ3v) is 4.10. The van der Waals surface area contributed by atoms with Gasteiger partial charge in [0, 0.05) is 10.5 Å². The highest BCUT2D eigenvalue weighted by Gasteiger charge is 2.13. The molecule has 0 aliphatic carbocycles. The number of hydrogen-bond donors (Lipinski definition) is 3. The van der Waals surface area contributed by atoms with E-state index in [1.807, 2.05) is 13.8 Å². The van der Waals surface area contributed by atoms with Crippen molar-refractivity contribution in [2.75, 3.05) is 11.9 Å². The Morgan fingerprint density at radius 2 is 1.76 bits per heavy atom. The topological polar surface area (TPSA) is 109 Å². The summed E-state index contributed by atoms with van der Waals surface area (Å²) in [6.07, 6.45) is 1.39. The first-order valence-corrected chi connectivity index (χ1v) is 9.55. The molecule has 0 saturated heterocycles. The summed E-state index contributed by atoms with van der Waals surface area (Å²) >= 11 is 3.28. The Bertz CT molecular complexity index is 898. The average Bonchev–Trinajstić information content (AvgIpc) is 2.68. The highest BCUT2D eigenvalue weighted by Crippen LogP contribution is 2.20. The van der Waals surface area contributed by atoms with E-state index in [1.54, 1.807) is 48.5 Å². The molecule has 152 valence electrons. The number of ether oxygens (including phenoxy) is 1. The molecule has 3 N–H and O–H groups in total. The molecular formula is C20H21BrN4O4. The van der Waals surface area contributed by atoms with Crippen LogP contribution in [0.1, 0.15) is 19.4 Å². The highest BCUT2D eigenvalue weighted by atomic mass is 79.9. The van der Waals surface area contributed by atoms with Gasteiger partial charge in [0.25, 0.3) is 5.91 Å². The van der Waals surface area contributed by atoms with Gasteiger partial charge in [0.2, 0.25) is 0 Å². The van der Waals surface area contributed by atoms with Gasteiger partial charge in [-0.25, -0.2) is 5.43 Å². The van der Waals surface area contributed by atoms with Crippen LogP contribution in [0.4, 0.5) is 5.69 Å². The Balaban J connectivity index is 1.80. The second-order valence-electron chi connectivity index (χ2n) is 6.21. The van der Waals surface area contributed by atoms with E-state index in [9.17, 15) is 14.4 Å². The van der Waals surface area contributed by atoms with E-state index >= 15 is 0 Å². The van der Waals surface area contributed by atoms with Gasteiger partial charge < -0.3 is 15.4 Å². The second kappa shape index (κ2) is 11.0. The van der Waals surface area contributed by atoms with Gasteiger partial charge in [-0.15, -0.1) is 0 Å². The molecule has 2 rings (SSSR count). The van der Waals surface area contributed by atoms with Crippen LogP contribution in [0.15, 0.2) is 58.1 Å². The maximum atomic E-state index is 11.9. The zero-order valence-electron chi connectivity index (χ0n) is 15.9. The predicted molar refractivity (Wildman–Crippen MR) is 114 cm³/mol. The third-order valence-electron chi connectivity index (χ3n) is 3.41. The molecule has 3 amide bonds. The van der Waals surface area contributed by atoms with E-state index in [2.05, 4.69) is 37.1 Å². The van der Waals surface area contributed by atoms with Crippen molar-refractivity contribution in [1.82, 2.24) is 10.7 Å². The van der Waals surface area contributed by atoms with Crippen molar-refractivity contribution in [2.24, 2.45) is 5.10 Å². The molecular weight excluding hydrogens is 440 g/mol. The normalized spacial score (nSPS) is 10.6. The van der Waals surface area contributed by atoms with Crippen molar-refractivity contribution < 1.29 is 19.1 Å². The molecule has 0 unspecified atom stereocenters. The van der Waals surface area contributed by atoms with Crippen LogP contribution in [-0.2, 0) is 14.4 Å². The molecule has 0 aliphatic rings. The Morgan fingerprint density at radius 3 is 2.41 bits per heavy atom. The Labute approximate surface area is 176 Å². The lowest BCUT2D eigenvalue weighted by molar-refractivity contribution is -0.136. The number of carbonyl (C=O) groups is 3. The summed E-state index contributed by atoms with van der Waals surface area (Å²) in [4.78, 5) is 35.3. The summed E-state index contributed by atoms with van der Waals surface area (Å²) in [5.74, 6) is -1.40. The molecule has 0 saturated carbocycles. The molecule has 0 heterocycles. The zero-order chi connectivity index (χ0) is 21.2. The minimum Gasteiger partial charge on any atom is -0.484 e. The van der Waals surface area contributed by atoms with Crippen LogP contribution >= 0.6 is 15.9 Å². The summed E-state index contributed by atoms with van der Waals surface area (Å²) in [6, 6.07) is 13.7. The fraction of sp³-hybridized carbons (Fsp3) is 0.200. The molecule has 8 nitrogen and oxygen atoms in total. The molecule has 2 aromatic rings. The maximum absolute atomic E-state index is 11.9. The van der Waals surface area contributed by atoms with E-state index in [0.29, 0.717) is 21.5 Å². The fourth-order valence-corrected chi connectivity index (χ4v) is 2.50. The van der Waals surface area contributed by atoms with Crippen LogP contribution in [0.5, 0.6) is 5.75 Å². The van der Waals surface area contributed by atoms with Crippen molar-refractivity contribution >= 4 is 45.6 Å². The Hall–Kier alpha value is -3.20. The molecule has 0 radical (unpaired) electrons. The van der Waals surface area contributed by atoms with Gasteiger partial charge in [0.05, 0.1) is 11.9 Å². The van der Waals surface area contributed by atoms with Crippen LogP contribution in [0.3, 0.4) is 0 Å². The largest absolute Gasteiger partial charge is 0.484 e. The van der Waals surface area contributed by atoms with Crippen LogP contribution in [-0.4, -0.2) is 36.6 Å². The molecule has 0 aromatic heterocycles. The average molecular weight is 461 g/mol. The van der Waals surface area contributed by atoms with Crippen LogP contribution in [0.2, 0.25) is 0 Å². The number of amides is 3. The second-order valence-corrected chi connectivity index (χ2v) is 7.07. The number of hydrazone groups is 1. The lowest BCUT2D eigenvalue weighted by atomic mass is 10.2. The molecule has 2 aromatic carbocycles. The first-order chi connectivity index (χ1) is 13.8. The van der Waals surface area contributed by atoms with Crippen LogP contribution < -0.4 is 20.8 Å². The smallest absolute Gasteiger partial charge is 0.329 e. The highest BCUT2D eigenvalue weighted by molar-refractivity contribution is 9.10. The van der Waals surface area contributed by atoms with Gasteiger partial charge in [0.1, 0.15) is 5.75 Å². The Morgan fingerprint density at radius 1 is 1.07 bits per heavy atom. The SMILES string of the molecule is CC(C)NC(=O)COc1ccc(/C=N\NC(=O)C(=O)Nc2ccccc2Br)cc1. The minimum absolute atomic E-state index is 0.0520. The van der Waals surface area contributed by atoms with Gasteiger partial charge >= 0.3 is 11.8 Å². The van der Waals surface area contributed by atoms with E-state index in [-0.39, 0.29) is 18.6 Å². The van der Waals surface area contributed by atoms with Gasteiger partial charge in [0.15, 0.2) is 6.61 Å². The summed E-state index contributed by atoms with van der Waals surface area (Å²) in [5.41, 5.74) is 3.32. The lowest BCUT2D eigenvalue weighted by Gasteiger charge is -2.09. The van der Waals surface area contributed by atoms with E-state index < -0.39 is 11.8 Å². The van der Waals surface area contributed by atoms with Gasteiger partial charge in [-0.1, -0.05) is 12.1 Å². The van der Waals surface area contributed by atoms with Crippen molar-refractivity contribution in [3.8, 4) is 5.75 Å². The summed E-state index contributed by atoms with van der Waals surface area (Å²) in [6.45, 7) is 3.67. The number of nitrogens with zero attached hydrogens (tertiary/aromatic N) is 1. The van der Waals surface area contributed by atoms with E-state index in [4.69, 9.17) is 4.74 Å². The molecule has 0 atom stereocenters. The number of nitrogens with one attached hydrogen (secondary N) is 3. The lowest BCUT2D eigenvalue weighted by Crippen LogP contribution is -2.34. The van der Waals surface area contributed by atoms with Gasteiger partial charge in [-0.05, 0) is 71.7 Å². The Kier molecular flexibility index (Phi) is 8.35. The molecule has 0 aliphatic heterocycles. The maximum Gasteiger partial charge on any atom is 0.329 e. The van der Waals surface area contributed by atoms with Gasteiger partial charge in [-0.2, -0.15) is 5.10 Å². The summed E-state index contributed by atoms with van der Waals surface area (Å²) in [5, 5.41) is 8.97. The number of halogens is 1. The number of hydrogen-bond acceptors (Lipinski definition) is 5. The standard InChI is InChI=1S/C20H21BrN4O4/c1-13(2)23-18(26)12-29-15-9-7-14(8-10-15)11-22-25-20(28)19(27)24-17-6-4-3-5-16(17)21/h3-11,13H,12H2,1-2H3,(H,23,26)(H,24,27)(H,25,28)/b22-11-. The van der Waals surface area contributed by atoms with Crippen molar-refractivity contribution in [1.29, 1.82) is 0 Å². The number of rotatable bonds is 7. The molecule has 0 bridgehead atoms. The molecule has 0 fully saturated rings. The molecule has 29 heavy (non-hydrogen) atoms. The van der Waals surface area contributed by atoms with Crippen molar-refractivity contribution in [2.45, 2.75) is 19.9 Å². The number of anilines is 1. The molecule has 0 spiro atoms. The first-order valence-electron chi connectivity index (χ1n) is 8.76. The predicted octanol–water partition coefficient (Wildman–Crippen LogP) is 2.44. The monoisotopic (exact) mass is 460 g/mol. The third kappa shape index (κ3) is 7.74. The van der Waals surface area contributed by atoms with Crippen LogP contribution in [0.25, 0.3) is 0 Å². The number of carbonyl (C=O) groups excluding carboxylic acids is 3. The summed E-state index contributed by atoms with van der Waals surface area (Å²) in [7, 11) is 0. The molecule has 9 heteroatoms. The number of para-hydroxylation sites is 1. The van der Waals surface area contributed by atoms with Crippen LogP contribution in [0, 0.1) is 0 Å². The minimum atomic E-state index is -0.895. The fourth-order valence-electron chi connectivity index (χ4n) is 2.12. The summed E-state index contributed by atoms with van der Waals surface area (Å²) < 4.78 is 6.04. The van der Waals surface area contributed by atoms with Crippen molar-refractivity contribution in [3.05, 3.63) is 58.6 Å². The van der Waals surface area contributed by atoms with Crippen molar-refractivity contribution in [3.63, 3.8) is 0 Å². The van der Waals surface area contributed by atoms with Gasteiger partial charge in [-0.3, -0.25) is 14.4 Å². The zero-order valence-corrected chi connectivity index (χ0v) is 17.5. The number of benzene rings is 2. The quantitative estimate of drug-likeness (QED) is 0.334. The van der Waals surface area contributed by atoms with E-state index in [0.717, 1.165) is 0 Å².